The van der Waals surface area contributed by atoms with Crippen molar-refractivity contribution < 1.29 is 0 Å². The maximum Gasteiger partial charge on any atom is 0.146 e. The molecule has 3 aromatic heterocycles. The van der Waals surface area contributed by atoms with Gasteiger partial charge < -0.3 is 0 Å². The molecule has 5 rings (SSSR count). The van der Waals surface area contributed by atoms with Crippen molar-refractivity contribution in [1.82, 2.24) is 9.38 Å². The van der Waals surface area contributed by atoms with Crippen LogP contribution in [0.25, 0.3) is 37.9 Å². The van der Waals surface area contributed by atoms with E-state index in [9.17, 15) is 0 Å². The van der Waals surface area contributed by atoms with Gasteiger partial charge in [-0.15, -0.1) is 11.3 Å². The number of hydrogen-bond acceptors (Lipinski definition) is 2. The summed E-state index contributed by atoms with van der Waals surface area (Å²) in [6, 6.07) is 17.5. The monoisotopic (exact) mass is 356 g/mol. The molecule has 0 radical (unpaired) electrons. The standard InChI is InChI=1S/C23H20N2S/c1-4-16-12-19-17-10-5-6-11-18(17)22-24-13-20(25(22)23(19)26-16)21-14(2)8-7-9-15(21)3/h5-13H,4H2,1-3H3. The van der Waals surface area contributed by atoms with Crippen molar-refractivity contribution in [3.63, 3.8) is 0 Å². The predicted molar refractivity (Wildman–Crippen MR) is 112 cm³/mol. The van der Waals surface area contributed by atoms with E-state index >= 15 is 0 Å². The molecular weight excluding hydrogens is 336 g/mol. The maximum absolute atomic E-state index is 4.86. The van der Waals surface area contributed by atoms with Crippen molar-refractivity contribution in [2.75, 3.05) is 0 Å². The van der Waals surface area contributed by atoms with E-state index in [4.69, 9.17) is 4.98 Å². The summed E-state index contributed by atoms with van der Waals surface area (Å²) < 4.78 is 2.37. The van der Waals surface area contributed by atoms with Gasteiger partial charge in [-0.3, -0.25) is 4.40 Å². The fraction of sp³-hybridized carbons (Fsp3) is 0.174. The Kier molecular flexibility index (Phi) is 3.41. The van der Waals surface area contributed by atoms with Crippen LogP contribution in [0.5, 0.6) is 0 Å². The van der Waals surface area contributed by atoms with E-state index in [0.717, 1.165) is 12.1 Å². The lowest BCUT2D eigenvalue weighted by Gasteiger charge is -2.11. The molecule has 0 fully saturated rings. The third kappa shape index (κ3) is 2.07. The lowest BCUT2D eigenvalue weighted by molar-refractivity contribution is 1.19. The molecular formula is C23H20N2S. The van der Waals surface area contributed by atoms with Crippen LogP contribution in [-0.4, -0.2) is 9.38 Å². The quantitative estimate of drug-likeness (QED) is 0.350. The molecule has 0 saturated carbocycles. The Morgan fingerprint density at radius 2 is 1.65 bits per heavy atom. The average molecular weight is 356 g/mol. The Balaban J connectivity index is 2.03. The minimum Gasteiger partial charge on any atom is -0.283 e. The van der Waals surface area contributed by atoms with E-state index in [-0.39, 0.29) is 0 Å². The largest absolute Gasteiger partial charge is 0.283 e. The predicted octanol–water partition coefficient (Wildman–Crippen LogP) is 6.55. The van der Waals surface area contributed by atoms with Gasteiger partial charge in [0, 0.05) is 21.2 Å². The molecule has 0 spiro atoms. The molecule has 0 atom stereocenters. The minimum absolute atomic E-state index is 1.05. The van der Waals surface area contributed by atoms with Gasteiger partial charge >= 0.3 is 0 Å². The van der Waals surface area contributed by atoms with Gasteiger partial charge in [-0.1, -0.05) is 49.4 Å². The molecule has 0 saturated heterocycles. The Morgan fingerprint density at radius 3 is 2.38 bits per heavy atom. The smallest absolute Gasteiger partial charge is 0.146 e. The first-order valence-corrected chi connectivity index (χ1v) is 9.88. The Bertz CT molecular complexity index is 1270. The van der Waals surface area contributed by atoms with Gasteiger partial charge in [-0.05, 0) is 42.8 Å². The zero-order valence-corrected chi connectivity index (χ0v) is 16.0. The fourth-order valence-corrected chi connectivity index (χ4v) is 5.14. The van der Waals surface area contributed by atoms with Gasteiger partial charge in [0.05, 0.1) is 11.9 Å². The van der Waals surface area contributed by atoms with Crippen LogP contribution in [-0.2, 0) is 6.42 Å². The lowest BCUT2D eigenvalue weighted by Crippen LogP contribution is -1.94. The molecule has 2 aromatic carbocycles. The first kappa shape index (κ1) is 15.6. The molecule has 128 valence electrons. The second kappa shape index (κ2) is 5.68. The number of imidazole rings is 1. The molecule has 3 heterocycles. The van der Waals surface area contributed by atoms with Crippen LogP contribution in [0.4, 0.5) is 0 Å². The summed E-state index contributed by atoms with van der Waals surface area (Å²) in [7, 11) is 0. The number of nitrogens with zero attached hydrogens (tertiary/aromatic N) is 2. The summed E-state index contributed by atoms with van der Waals surface area (Å²) in [5.74, 6) is 0. The Labute approximate surface area is 156 Å². The number of benzene rings is 2. The summed E-state index contributed by atoms with van der Waals surface area (Å²) in [6.45, 7) is 6.60. The first-order valence-electron chi connectivity index (χ1n) is 9.06. The summed E-state index contributed by atoms with van der Waals surface area (Å²) in [6.07, 6.45) is 3.10. The molecule has 3 heteroatoms. The van der Waals surface area contributed by atoms with Crippen molar-refractivity contribution in [1.29, 1.82) is 0 Å². The van der Waals surface area contributed by atoms with E-state index in [2.05, 4.69) is 73.7 Å². The number of aromatic nitrogens is 2. The van der Waals surface area contributed by atoms with E-state index in [1.54, 1.807) is 0 Å². The van der Waals surface area contributed by atoms with Crippen LogP contribution >= 0.6 is 11.3 Å². The number of aryl methyl sites for hydroxylation is 3. The second-order valence-electron chi connectivity index (χ2n) is 6.90. The minimum atomic E-state index is 1.05. The van der Waals surface area contributed by atoms with Gasteiger partial charge in [-0.25, -0.2) is 4.98 Å². The molecule has 0 bridgehead atoms. The van der Waals surface area contributed by atoms with Crippen molar-refractivity contribution in [3.8, 4) is 11.3 Å². The molecule has 5 aromatic rings. The summed E-state index contributed by atoms with van der Waals surface area (Å²) in [5.41, 5.74) is 6.12. The molecule has 26 heavy (non-hydrogen) atoms. The van der Waals surface area contributed by atoms with Gasteiger partial charge in [-0.2, -0.15) is 0 Å². The number of pyridine rings is 1. The Hall–Kier alpha value is -2.65. The fourth-order valence-electron chi connectivity index (χ4n) is 4.02. The van der Waals surface area contributed by atoms with E-state index in [1.165, 1.54) is 48.3 Å². The van der Waals surface area contributed by atoms with Gasteiger partial charge in [0.1, 0.15) is 10.5 Å². The highest BCUT2D eigenvalue weighted by molar-refractivity contribution is 7.18. The molecule has 0 aliphatic heterocycles. The van der Waals surface area contributed by atoms with Crippen molar-refractivity contribution in [2.45, 2.75) is 27.2 Å². The number of thiophene rings is 1. The third-order valence-electron chi connectivity index (χ3n) is 5.27. The van der Waals surface area contributed by atoms with Crippen molar-refractivity contribution in [3.05, 3.63) is 70.7 Å². The highest BCUT2D eigenvalue weighted by atomic mass is 32.1. The van der Waals surface area contributed by atoms with Crippen LogP contribution < -0.4 is 0 Å². The van der Waals surface area contributed by atoms with Gasteiger partial charge in [0.25, 0.3) is 0 Å². The third-order valence-corrected chi connectivity index (χ3v) is 6.54. The van der Waals surface area contributed by atoms with Crippen LogP contribution in [0, 0.1) is 13.8 Å². The lowest BCUT2D eigenvalue weighted by atomic mass is 10.0. The van der Waals surface area contributed by atoms with Crippen LogP contribution in [0.15, 0.2) is 54.7 Å². The summed E-state index contributed by atoms with van der Waals surface area (Å²) in [5, 5.41) is 3.85. The van der Waals surface area contributed by atoms with Crippen molar-refractivity contribution in [2.24, 2.45) is 0 Å². The summed E-state index contributed by atoms with van der Waals surface area (Å²) in [4.78, 5) is 7.57. The Morgan fingerprint density at radius 1 is 0.923 bits per heavy atom. The zero-order chi connectivity index (χ0) is 17.8. The van der Waals surface area contributed by atoms with Gasteiger partial charge in [0.15, 0.2) is 0 Å². The molecule has 2 nitrogen and oxygen atoms in total. The number of rotatable bonds is 2. The average Bonchev–Trinajstić information content (AvgIpc) is 3.26. The molecule has 0 aliphatic rings. The SMILES string of the molecule is CCc1cc2c3ccccc3c3ncc(-c4c(C)cccc4C)n3c2s1. The first-order chi connectivity index (χ1) is 12.7. The van der Waals surface area contributed by atoms with Crippen LogP contribution in [0.2, 0.25) is 0 Å². The van der Waals surface area contributed by atoms with Crippen molar-refractivity contribution >= 4 is 38.0 Å². The van der Waals surface area contributed by atoms with Crippen LogP contribution in [0.1, 0.15) is 22.9 Å². The topological polar surface area (TPSA) is 17.3 Å². The highest BCUT2D eigenvalue weighted by Gasteiger charge is 2.18. The second-order valence-corrected chi connectivity index (χ2v) is 8.02. The normalized spacial score (nSPS) is 11.8. The molecule has 0 aliphatic carbocycles. The van der Waals surface area contributed by atoms with Crippen LogP contribution in [0.3, 0.4) is 0 Å². The molecule has 0 unspecified atom stereocenters. The zero-order valence-electron chi connectivity index (χ0n) is 15.2. The molecule has 0 amide bonds. The van der Waals surface area contributed by atoms with E-state index in [1.807, 2.05) is 17.5 Å². The number of fused-ring (bicyclic) bond motifs is 6. The van der Waals surface area contributed by atoms with E-state index < -0.39 is 0 Å². The number of hydrogen-bond donors (Lipinski definition) is 0. The van der Waals surface area contributed by atoms with Gasteiger partial charge in [0.2, 0.25) is 0 Å². The molecule has 0 N–H and O–H groups in total. The highest BCUT2D eigenvalue weighted by Crippen LogP contribution is 2.38. The van der Waals surface area contributed by atoms with E-state index in [0.29, 0.717) is 0 Å². The maximum atomic E-state index is 4.86. The summed E-state index contributed by atoms with van der Waals surface area (Å²) >= 11 is 1.89.